The standard InChI is InChI=1S/C16H22N4O2/c1-17-15(21)16(22)18-9-14(19(2)3)12-10-20(4)13-8-6-5-7-11(12)13/h5-8,10,14H,9H2,1-4H3,(H,17,21)(H,18,22). The predicted molar refractivity (Wildman–Crippen MR) is 86.4 cm³/mol. The van der Waals surface area contributed by atoms with Gasteiger partial charge in [-0.05, 0) is 25.7 Å². The number of carbonyl (C=O) groups is 2. The van der Waals surface area contributed by atoms with Gasteiger partial charge in [0, 0.05) is 37.7 Å². The summed E-state index contributed by atoms with van der Waals surface area (Å²) in [5.41, 5.74) is 2.27. The summed E-state index contributed by atoms with van der Waals surface area (Å²) in [6, 6.07) is 8.13. The molecule has 0 fully saturated rings. The molecule has 2 amide bonds. The van der Waals surface area contributed by atoms with Gasteiger partial charge < -0.3 is 20.1 Å². The van der Waals surface area contributed by atoms with Crippen molar-refractivity contribution in [3.05, 3.63) is 36.0 Å². The van der Waals surface area contributed by atoms with Crippen molar-refractivity contribution in [3.8, 4) is 0 Å². The SMILES string of the molecule is CNC(=O)C(=O)NCC(c1cn(C)c2ccccc12)N(C)C. The summed E-state index contributed by atoms with van der Waals surface area (Å²) in [6.45, 7) is 0.368. The third-order valence-electron chi connectivity index (χ3n) is 3.80. The van der Waals surface area contributed by atoms with Crippen LogP contribution in [-0.2, 0) is 16.6 Å². The molecular formula is C16H22N4O2. The molecule has 0 saturated heterocycles. The highest BCUT2D eigenvalue weighted by Crippen LogP contribution is 2.28. The molecule has 22 heavy (non-hydrogen) atoms. The lowest BCUT2D eigenvalue weighted by atomic mass is 10.0. The quantitative estimate of drug-likeness (QED) is 0.815. The summed E-state index contributed by atoms with van der Waals surface area (Å²) in [5.74, 6) is -1.25. The van der Waals surface area contributed by atoms with E-state index in [4.69, 9.17) is 0 Å². The topological polar surface area (TPSA) is 66.4 Å². The molecule has 2 rings (SSSR count). The molecule has 1 heterocycles. The number of amides is 2. The predicted octanol–water partition coefficient (Wildman–Crippen LogP) is 0.643. The molecule has 0 aliphatic rings. The van der Waals surface area contributed by atoms with Gasteiger partial charge in [0.25, 0.3) is 0 Å². The summed E-state index contributed by atoms with van der Waals surface area (Å²) in [7, 11) is 7.36. The van der Waals surface area contributed by atoms with Gasteiger partial charge >= 0.3 is 11.8 Å². The maximum atomic E-state index is 11.7. The first kappa shape index (κ1) is 16.0. The van der Waals surface area contributed by atoms with Crippen LogP contribution in [0.2, 0.25) is 0 Å². The molecule has 1 unspecified atom stereocenters. The van der Waals surface area contributed by atoms with E-state index in [1.165, 1.54) is 7.05 Å². The van der Waals surface area contributed by atoms with Gasteiger partial charge in [0.05, 0.1) is 6.04 Å². The number of likely N-dealkylation sites (N-methyl/N-ethyl adjacent to an activating group) is 2. The van der Waals surface area contributed by atoms with Crippen molar-refractivity contribution in [2.75, 3.05) is 27.7 Å². The Morgan fingerprint density at radius 2 is 1.91 bits per heavy atom. The van der Waals surface area contributed by atoms with Crippen LogP contribution in [0.25, 0.3) is 10.9 Å². The number of hydrogen-bond donors (Lipinski definition) is 2. The van der Waals surface area contributed by atoms with Crippen LogP contribution in [0.4, 0.5) is 0 Å². The number of aromatic nitrogens is 1. The second-order valence-electron chi connectivity index (χ2n) is 5.48. The fraction of sp³-hybridized carbons (Fsp3) is 0.375. The van der Waals surface area contributed by atoms with E-state index in [2.05, 4.69) is 33.5 Å². The Morgan fingerprint density at radius 3 is 2.55 bits per heavy atom. The molecule has 0 aliphatic heterocycles. The summed E-state index contributed by atoms with van der Waals surface area (Å²) in [5, 5.41) is 6.16. The highest BCUT2D eigenvalue weighted by atomic mass is 16.2. The Bertz CT molecular complexity index is 691. The average Bonchev–Trinajstić information content (AvgIpc) is 2.83. The van der Waals surface area contributed by atoms with E-state index in [1.807, 2.05) is 38.2 Å². The Balaban J connectivity index is 2.27. The molecule has 2 N–H and O–H groups in total. The zero-order valence-electron chi connectivity index (χ0n) is 13.4. The normalized spacial score (nSPS) is 12.4. The van der Waals surface area contributed by atoms with Crippen LogP contribution in [-0.4, -0.2) is 49.0 Å². The number of nitrogens with one attached hydrogen (secondary N) is 2. The van der Waals surface area contributed by atoms with Gasteiger partial charge in [-0.2, -0.15) is 0 Å². The van der Waals surface area contributed by atoms with Crippen molar-refractivity contribution in [2.24, 2.45) is 7.05 Å². The number of rotatable bonds is 4. The fourth-order valence-corrected chi connectivity index (χ4v) is 2.59. The van der Waals surface area contributed by atoms with E-state index >= 15 is 0 Å². The van der Waals surface area contributed by atoms with E-state index in [1.54, 1.807) is 0 Å². The third kappa shape index (κ3) is 3.12. The van der Waals surface area contributed by atoms with Crippen LogP contribution in [0, 0.1) is 0 Å². The van der Waals surface area contributed by atoms with Gasteiger partial charge in [-0.15, -0.1) is 0 Å². The van der Waals surface area contributed by atoms with Crippen LogP contribution >= 0.6 is 0 Å². The van der Waals surface area contributed by atoms with Gasteiger partial charge in [-0.3, -0.25) is 9.59 Å². The number of benzene rings is 1. The van der Waals surface area contributed by atoms with Gasteiger partial charge in [0.15, 0.2) is 0 Å². The molecule has 0 radical (unpaired) electrons. The van der Waals surface area contributed by atoms with E-state index < -0.39 is 11.8 Å². The lowest BCUT2D eigenvalue weighted by Crippen LogP contribution is -2.41. The summed E-state index contributed by atoms with van der Waals surface area (Å²) in [4.78, 5) is 25.0. The van der Waals surface area contributed by atoms with Crippen molar-refractivity contribution in [1.29, 1.82) is 0 Å². The molecule has 0 saturated carbocycles. The van der Waals surface area contributed by atoms with Crippen LogP contribution in [0.3, 0.4) is 0 Å². The van der Waals surface area contributed by atoms with Gasteiger partial charge in [0.1, 0.15) is 0 Å². The Morgan fingerprint density at radius 1 is 1.23 bits per heavy atom. The van der Waals surface area contributed by atoms with Gasteiger partial charge in [-0.25, -0.2) is 0 Å². The number of fused-ring (bicyclic) bond motifs is 1. The maximum Gasteiger partial charge on any atom is 0.309 e. The molecule has 0 spiro atoms. The molecule has 1 aromatic carbocycles. The average molecular weight is 302 g/mol. The molecule has 0 bridgehead atoms. The molecule has 0 aliphatic carbocycles. The fourth-order valence-electron chi connectivity index (χ4n) is 2.59. The van der Waals surface area contributed by atoms with Crippen LogP contribution in [0.1, 0.15) is 11.6 Å². The molecule has 1 aromatic heterocycles. The smallest absolute Gasteiger partial charge is 0.309 e. The van der Waals surface area contributed by atoms with Crippen molar-refractivity contribution in [3.63, 3.8) is 0 Å². The first-order valence-corrected chi connectivity index (χ1v) is 7.16. The van der Waals surface area contributed by atoms with Crippen LogP contribution in [0.15, 0.2) is 30.5 Å². The van der Waals surface area contributed by atoms with E-state index in [0.29, 0.717) is 6.54 Å². The van der Waals surface area contributed by atoms with Crippen molar-refractivity contribution < 1.29 is 9.59 Å². The molecule has 118 valence electrons. The molecule has 2 aromatic rings. The van der Waals surface area contributed by atoms with Crippen molar-refractivity contribution in [2.45, 2.75) is 6.04 Å². The first-order chi connectivity index (χ1) is 10.5. The van der Waals surface area contributed by atoms with Crippen molar-refractivity contribution in [1.82, 2.24) is 20.1 Å². The highest BCUT2D eigenvalue weighted by Gasteiger charge is 2.21. The zero-order chi connectivity index (χ0) is 16.3. The largest absolute Gasteiger partial charge is 0.351 e. The second kappa shape index (κ2) is 6.62. The Labute approximate surface area is 130 Å². The zero-order valence-corrected chi connectivity index (χ0v) is 13.4. The minimum atomic E-state index is -0.629. The molecular weight excluding hydrogens is 280 g/mol. The minimum absolute atomic E-state index is 0.0142. The molecule has 1 atom stereocenters. The molecule has 6 heteroatoms. The number of aryl methyl sites for hydroxylation is 1. The Kier molecular flexibility index (Phi) is 4.82. The Hall–Kier alpha value is -2.34. The third-order valence-corrected chi connectivity index (χ3v) is 3.80. The van der Waals surface area contributed by atoms with Gasteiger partial charge in [0.2, 0.25) is 0 Å². The van der Waals surface area contributed by atoms with E-state index in [0.717, 1.165) is 16.5 Å². The summed E-state index contributed by atoms with van der Waals surface area (Å²) in [6.07, 6.45) is 2.07. The summed E-state index contributed by atoms with van der Waals surface area (Å²) < 4.78 is 2.07. The van der Waals surface area contributed by atoms with E-state index in [-0.39, 0.29) is 6.04 Å². The number of hydrogen-bond acceptors (Lipinski definition) is 3. The first-order valence-electron chi connectivity index (χ1n) is 7.16. The number of nitrogens with zero attached hydrogens (tertiary/aromatic N) is 2. The lowest BCUT2D eigenvalue weighted by Gasteiger charge is -2.24. The number of para-hydroxylation sites is 1. The summed E-state index contributed by atoms with van der Waals surface area (Å²) >= 11 is 0. The second-order valence-corrected chi connectivity index (χ2v) is 5.48. The molecule has 6 nitrogen and oxygen atoms in total. The van der Waals surface area contributed by atoms with Crippen LogP contribution in [0.5, 0.6) is 0 Å². The van der Waals surface area contributed by atoms with Crippen molar-refractivity contribution >= 4 is 22.7 Å². The van der Waals surface area contributed by atoms with Gasteiger partial charge in [-0.1, -0.05) is 18.2 Å². The monoisotopic (exact) mass is 302 g/mol. The van der Waals surface area contributed by atoms with E-state index in [9.17, 15) is 9.59 Å². The highest BCUT2D eigenvalue weighted by molar-refractivity contribution is 6.35. The number of carbonyl (C=O) groups excluding carboxylic acids is 2. The van der Waals surface area contributed by atoms with Crippen LogP contribution < -0.4 is 10.6 Å². The maximum absolute atomic E-state index is 11.7. The minimum Gasteiger partial charge on any atom is -0.351 e. The lowest BCUT2D eigenvalue weighted by molar-refractivity contribution is -0.139.